The topological polar surface area (TPSA) is 49.4 Å². The molecule has 2 amide bonds. The molecule has 4 aromatic carbocycles. The number of rotatable bonds is 4. The lowest BCUT2D eigenvalue weighted by molar-refractivity contribution is -0.123. The molecule has 1 aliphatic carbocycles. The van der Waals surface area contributed by atoms with Gasteiger partial charge in [0.05, 0.1) is 12.0 Å². The van der Waals surface area contributed by atoms with Crippen LogP contribution >= 0.6 is 0 Å². The van der Waals surface area contributed by atoms with Gasteiger partial charge < -0.3 is 10.2 Å². The number of carbonyl (C=O) groups excluding carboxylic acids is 2. The van der Waals surface area contributed by atoms with Gasteiger partial charge in [0.15, 0.2) is 0 Å². The summed E-state index contributed by atoms with van der Waals surface area (Å²) < 4.78 is 0. The van der Waals surface area contributed by atoms with Gasteiger partial charge in [0.1, 0.15) is 0 Å². The van der Waals surface area contributed by atoms with Crippen molar-refractivity contribution in [2.24, 2.45) is 5.92 Å². The number of benzene rings is 4. The third kappa shape index (κ3) is 4.17. The van der Waals surface area contributed by atoms with Crippen molar-refractivity contribution in [2.75, 3.05) is 11.9 Å². The molecule has 2 atom stereocenters. The Balaban J connectivity index is 1.34. The third-order valence-electron chi connectivity index (χ3n) is 7.76. The average Bonchev–Trinajstić information content (AvgIpc) is 3.40. The van der Waals surface area contributed by atoms with E-state index in [0.29, 0.717) is 12.1 Å². The van der Waals surface area contributed by atoms with E-state index in [0.717, 1.165) is 47.7 Å². The molecule has 4 heteroatoms. The third-order valence-corrected chi connectivity index (χ3v) is 7.76. The minimum Gasteiger partial charge on any atom is -0.331 e. The number of amides is 2. The van der Waals surface area contributed by atoms with Crippen LogP contribution in [0.3, 0.4) is 0 Å². The molecule has 36 heavy (non-hydrogen) atoms. The summed E-state index contributed by atoms with van der Waals surface area (Å²) in [5.41, 5.74) is 5.27. The van der Waals surface area contributed by atoms with Crippen LogP contribution in [0.2, 0.25) is 0 Å². The van der Waals surface area contributed by atoms with Gasteiger partial charge in [-0.1, -0.05) is 72.8 Å². The summed E-state index contributed by atoms with van der Waals surface area (Å²) >= 11 is 0. The molecule has 6 rings (SSSR count). The second-order valence-corrected chi connectivity index (χ2v) is 9.96. The highest BCUT2D eigenvalue weighted by molar-refractivity contribution is 6.07. The summed E-state index contributed by atoms with van der Waals surface area (Å²) in [7, 11) is 0. The maximum absolute atomic E-state index is 14.0. The van der Waals surface area contributed by atoms with Crippen molar-refractivity contribution in [1.82, 2.24) is 4.90 Å². The average molecular weight is 475 g/mol. The number of hydrogen-bond donors (Lipinski definition) is 1. The Morgan fingerprint density at radius 2 is 1.56 bits per heavy atom. The van der Waals surface area contributed by atoms with Gasteiger partial charge in [0.2, 0.25) is 5.91 Å². The van der Waals surface area contributed by atoms with Crippen LogP contribution in [0.15, 0.2) is 91.0 Å². The van der Waals surface area contributed by atoms with Crippen molar-refractivity contribution in [3.05, 3.63) is 113 Å². The Kier molecular flexibility index (Phi) is 6.02. The van der Waals surface area contributed by atoms with Gasteiger partial charge in [-0.3, -0.25) is 9.59 Å². The first-order chi connectivity index (χ1) is 17.7. The number of nitrogens with zero attached hydrogens (tertiary/aromatic N) is 1. The van der Waals surface area contributed by atoms with Crippen molar-refractivity contribution in [3.63, 3.8) is 0 Å². The summed E-state index contributed by atoms with van der Waals surface area (Å²) in [6, 6.07) is 29.9. The molecule has 4 aromatic rings. The second-order valence-electron chi connectivity index (χ2n) is 9.96. The quantitative estimate of drug-likeness (QED) is 0.364. The number of fused-ring (bicyclic) bond motifs is 2. The van der Waals surface area contributed by atoms with Gasteiger partial charge in [0, 0.05) is 17.8 Å². The van der Waals surface area contributed by atoms with E-state index in [1.54, 1.807) is 0 Å². The highest BCUT2D eigenvalue weighted by Gasteiger charge is 2.40. The lowest BCUT2D eigenvalue weighted by atomic mass is 9.83. The minimum atomic E-state index is -0.326. The van der Waals surface area contributed by atoms with E-state index < -0.39 is 0 Å². The number of nitrogens with one attached hydrogen (secondary N) is 1. The molecule has 1 heterocycles. The molecule has 1 fully saturated rings. The van der Waals surface area contributed by atoms with E-state index in [4.69, 9.17) is 0 Å². The predicted molar refractivity (Wildman–Crippen MR) is 144 cm³/mol. The van der Waals surface area contributed by atoms with Crippen LogP contribution in [-0.4, -0.2) is 23.3 Å². The largest absolute Gasteiger partial charge is 0.331 e. The Morgan fingerprint density at radius 3 is 2.44 bits per heavy atom. The van der Waals surface area contributed by atoms with Crippen LogP contribution in [0.4, 0.5) is 5.69 Å². The maximum atomic E-state index is 14.0. The summed E-state index contributed by atoms with van der Waals surface area (Å²) in [5.74, 6) is -0.360. The van der Waals surface area contributed by atoms with Crippen LogP contribution in [0.1, 0.15) is 52.4 Å². The van der Waals surface area contributed by atoms with Gasteiger partial charge in [-0.15, -0.1) is 0 Å². The molecule has 0 spiro atoms. The van der Waals surface area contributed by atoms with E-state index in [1.165, 1.54) is 17.5 Å². The lowest BCUT2D eigenvalue weighted by Gasteiger charge is -2.41. The molecule has 1 N–H and O–H groups in total. The highest BCUT2D eigenvalue weighted by Crippen LogP contribution is 2.38. The fraction of sp³-hybridized carbons (Fsp3) is 0.250. The molecular weight excluding hydrogens is 444 g/mol. The molecule has 4 nitrogen and oxygen atoms in total. The molecule has 180 valence electrons. The SMILES string of the molecule is O=C(Nc1ccc2c(c1)CCC2)C1CCCN(C(=O)c2cccc3ccccc23)[C@H]1c1ccccc1. The first-order valence-electron chi connectivity index (χ1n) is 13.0. The van der Waals surface area contributed by atoms with Crippen molar-refractivity contribution >= 4 is 28.3 Å². The summed E-state index contributed by atoms with van der Waals surface area (Å²) in [6.45, 7) is 0.629. The van der Waals surface area contributed by atoms with E-state index in [1.807, 2.05) is 83.8 Å². The lowest BCUT2D eigenvalue weighted by Crippen LogP contribution is -2.46. The molecule has 1 unspecified atom stereocenters. The monoisotopic (exact) mass is 474 g/mol. The van der Waals surface area contributed by atoms with Crippen molar-refractivity contribution in [2.45, 2.75) is 38.1 Å². The fourth-order valence-corrected chi connectivity index (χ4v) is 6.01. The number of anilines is 1. The van der Waals surface area contributed by atoms with Gasteiger partial charge in [0.25, 0.3) is 5.91 Å². The van der Waals surface area contributed by atoms with Gasteiger partial charge in [-0.2, -0.15) is 0 Å². The summed E-state index contributed by atoms with van der Waals surface area (Å²) in [5, 5.41) is 5.18. The van der Waals surface area contributed by atoms with Crippen molar-refractivity contribution in [1.29, 1.82) is 0 Å². The zero-order valence-corrected chi connectivity index (χ0v) is 20.3. The number of aryl methyl sites for hydroxylation is 2. The Labute approximate surface area is 211 Å². The van der Waals surface area contributed by atoms with Crippen LogP contribution in [0.25, 0.3) is 10.8 Å². The first-order valence-corrected chi connectivity index (χ1v) is 13.0. The number of carbonyl (C=O) groups is 2. The van der Waals surface area contributed by atoms with E-state index in [9.17, 15) is 9.59 Å². The molecule has 1 saturated heterocycles. The maximum Gasteiger partial charge on any atom is 0.255 e. The Hall–Kier alpha value is -3.92. The van der Waals surface area contributed by atoms with E-state index in [2.05, 4.69) is 17.4 Å². The normalized spacial score (nSPS) is 19.2. The Morgan fingerprint density at radius 1 is 0.778 bits per heavy atom. The molecule has 0 aromatic heterocycles. The molecule has 0 radical (unpaired) electrons. The van der Waals surface area contributed by atoms with Crippen LogP contribution < -0.4 is 5.32 Å². The molecule has 2 aliphatic rings. The molecular formula is C32H30N2O2. The van der Waals surface area contributed by atoms with E-state index in [-0.39, 0.29) is 23.8 Å². The first kappa shape index (κ1) is 22.5. The number of likely N-dealkylation sites (tertiary alicyclic amines) is 1. The number of piperidine rings is 1. The Bertz CT molecular complexity index is 1420. The molecule has 1 aliphatic heterocycles. The molecule has 0 bridgehead atoms. The smallest absolute Gasteiger partial charge is 0.255 e. The minimum absolute atomic E-state index is 0.0165. The standard InChI is InChI=1S/C32H30N2O2/c35-31(33-26-19-18-22-12-6-14-25(22)21-26)29-17-8-20-34(30(29)24-10-2-1-3-11-24)32(36)28-16-7-13-23-9-4-5-15-27(23)28/h1-5,7,9-11,13,15-16,18-19,21,29-30H,6,8,12,14,17,20H2,(H,33,35)/t29?,30-/m0/s1. The highest BCUT2D eigenvalue weighted by atomic mass is 16.2. The number of hydrogen-bond acceptors (Lipinski definition) is 2. The van der Waals surface area contributed by atoms with Crippen LogP contribution in [0.5, 0.6) is 0 Å². The second kappa shape index (κ2) is 9.62. The predicted octanol–water partition coefficient (Wildman–Crippen LogP) is 6.56. The van der Waals surface area contributed by atoms with Gasteiger partial charge >= 0.3 is 0 Å². The molecule has 0 saturated carbocycles. The van der Waals surface area contributed by atoms with Crippen LogP contribution in [-0.2, 0) is 17.6 Å². The summed E-state index contributed by atoms with van der Waals surface area (Å²) in [4.78, 5) is 29.7. The zero-order chi connectivity index (χ0) is 24.5. The van der Waals surface area contributed by atoms with Crippen LogP contribution in [0, 0.1) is 5.92 Å². The van der Waals surface area contributed by atoms with Gasteiger partial charge in [-0.25, -0.2) is 0 Å². The van der Waals surface area contributed by atoms with Crippen molar-refractivity contribution < 1.29 is 9.59 Å². The zero-order valence-electron chi connectivity index (χ0n) is 20.3. The van der Waals surface area contributed by atoms with Crippen molar-refractivity contribution in [3.8, 4) is 0 Å². The summed E-state index contributed by atoms with van der Waals surface area (Å²) in [6.07, 6.45) is 4.91. The fourth-order valence-electron chi connectivity index (χ4n) is 6.01. The van der Waals surface area contributed by atoms with Gasteiger partial charge in [-0.05, 0) is 77.8 Å². The van der Waals surface area contributed by atoms with E-state index >= 15 is 0 Å².